The predicted octanol–water partition coefficient (Wildman–Crippen LogP) is 3.98. The Kier molecular flexibility index (Phi) is 4.05. The lowest BCUT2D eigenvalue weighted by molar-refractivity contribution is -0.104. The first kappa shape index (κ1) is 12.7. The normalized spacial score (nSPS) is 12.6. The van der Waals surface area contributed by atoms with Crippen molar-refractivity contribution in [2.75, 3.05) is 0 Å². The minimum absolute atomic E-state index is 0.224. The maximum Gasteiger partial charge on any atom is 0.145 e. The topological polar surface area (TPSA) is 17.1 Å². The molecular weight excluding hydrogens is 196 g/mol. The number of aldehydes is 1. The molecule has 0 aliphatic rings. The molecule has 0 radical (unpaired) electrons. The fourth-order valence-electron chi connectivity index (χ4n) is 1.53. The van der Waals surface area contributed by atoms with Gasteiger partial charge in [-0.1, -0.05) is 45.0 Å². The second-order valence-corrected chi connectivity index (χ2v) is 4.87. The molecule has 0 aliphatic carbocycles. The van der Waals surface area contributed by atoms with Gasteiger partial charge in [-0.05, 0) is 41.5 Å². The fourth-order valence-corrected chi connectivity index (χ4v) is 1.53. The molecule has 1 aromatic carbocycles. The van der Waals surface area contributed by atoms with Crippen molar-refractivity contribution in [2.24, 2.45) is 0 Å². The van der Waals surface area contributed by atoms with Crippen LogP contribution in [0.4, 0.5) is 0 Å². The first-order chi connectivity index (χ1) is 7.49. The Labute approximate surface area is 98.2 Å². The summed E-state index contributed by atoms with van der Waals surface area (Å²) in [5, 5.41) is 0. The highest BCUT2D eigenvalue weighted by Crippen LogP contribution is 2.26. The van der Waals surface area contributed by atoms with E-state index in [0.29, 0.717) is 0 Å². The average molecular weight is 216 g/mol. The van der Waals surface area contributed by atoms with E-state index in [1.165, 1.54) is 5.56 Å². The van der Waals surface area contributed by atoms with E-state index in [0.717, 1.165) is 23.8 Å². The quantitative estimate of drug-likeness (QED) is 0.549. The van der Waals surface area contributed by atoms with Gasteiger partial charge in [0, 0.05) is 0 Å². The highest BCUT2D eigenvalue weighted by Gasteiger charge is 2.17. The van der Waals surface area contributed by atoms with Crippen molar-refractivity contribution in [3.63, 3.8) is 0 Å². The van der Waals surface area contributed by atoms with E-state index in [-0.39, 0.29) is 5.41 Å². The van der Waals surface area contributed by atoms with Crippen LogP contribution in [0.1, 0.15) is 45.2 Å². The molecule has 0 spiro atoms. The summed E-state index contributed by atoms with van der Waals surface area (Å²) in [6.07, 6.45) is 3.90. The van der Waals surface area contributed by atoms with Crippen molar-refractivity contribution in [2.45, 2.75) is 39.5 Å². The average Bonchev–Trinajstić information content (AvgIpc) is 2.29. The summed E-state index contributed by atoms with van der Waals surface area (Å²) in [5.74, 6) is 0. The Balaban J connectivity index is 2.96. The highest BCUT2D eigenvalue weighted by atomic mass is 16.1. The van der Waals surface area contributed by atoms with Gasteiger partial charge in [0.05, 0.1) is 0 Å². The number of benzene rings is 1. The zero-order valence-corrected chi connectivity index (χ0v) is 10.6. The second kappa shape index (κ2) is 5.11. The zero-order valence-electron chi connectivity index (χ0n) is 10.6. The Morgan fingerprint density at radius 1 is 1.25 bits per heavy atom. The third kappa shape index (κ3) is 3.06. The molecule has 16 heavy (non-hydrogen) atoms. The summed E-state index contributed by atoms with van der Waals surface area (Å²) in [6, 6.07) is 8.43. The number of allylic oxidation sites excluding steroid dienone is 1. The lowest BCUT2D eigenvalue weighted by Crippen LogP contribution is -2.14. The van der Waals surface area contributed by atoms with E-state index in [1.807, 2.05) is 13.0 Å². The summed E-state index contributed by atoms with van der Waals surface area (Å²) in [5.41, 5.74) is 3.40. The SMILES string of the molecule is CCC(C)(C)c1ccc(/C=C(\C)C=O)cc1. The molecule has 0 aliphatic heterocycles. The molecule has 0 aromatic heterocycles. The maximum absolute atomic E-state index is 10.5. The third-order valence-corrected chi connectivity index (χ3v) is 3.16. The monoisotopic (exact) mass is 216 g/mol. The minimum atomic E-state index is 0.224. The molecular formula is C15H20O. The van der Waals surface area contributed by atoms with Crippen LogP contribution in [0.5, 0.6) is 0 Å². The molecule has 0 fully saturated rings. The second-order valence-electron chi connectivity index (χ2n) is 4.87. The van der Waals surface area contributed by atoms with E-state index >= 15 is 0 Å². The van der Waals surface area contributed by atoms with Gasteiger partial charge in [-0.25, -0.2) is 0 Å². The Morgan fingerprint density at radius 2 is 1.81 bits per heavy atom. The first-order valence-electron chi connectivity index (χ1n) is 5.73. The van der Waals surface area contributed by atoms with Crippen LogP contribution in [0.2, 0.25) is 0 Å². The van der Waals surface area contributed by atoms with Crippen molar-refractivity contribution in [1.82, 2.24) is 0 Å². The molecule has 1 aromatic rings. The standard InChI is InChI=1S/C15H20O/c1-5-15(3,4)14-8-6-13(7-9-14)10-12(2)11-16/h6-11H,5H2,1-4H3/b12-10+. The summed E-state index contributed by atoms with van der Waals surface area (Å²) < 4.78 is 0. The molecule has 1 heteroatoms. The lowest BCUT2D eigenvalue weighted by Gasteiger charge is -2.23. The van der Waals surface area contributed by atoms with Crippen molar-refractivity contribution in [3.8, 4) is 0 Å². The van der Waals surface area contributed by atoms with Gasteiger partial charge in [0.25, 0.3) is 0 Å². The summed E-state index contributed by atoms with van der Waals surface area (Å²) in [7, 11) is 0. The van der Waals surface area contributed by atoms with Gasteiger partial charge in [0.2, 0.25) is 0 Å². The van der Waals surface area contributed by atoms with Crippen molar-refractivity contribution >= 4 is 12.4 Å². The zero-order chi connectivity index (χ0) is 12.2. The van der Waals surface area contributed by atoms with Crippen molar-refractivity contribution < 1.29 is 4.79 Å². The van der Waals surface area contributed by atoms with E-state index < -0.39 is 0 Å². The molecule has 0 heterocycles. The first-order valence-corrected chi connectivity index (χ1v) is 5.73. The molecule has 1 nitrogen and oxygen atoms in total. The summed E-state index contributed by atoms with van der Waals surface area (Å²) >= 11 is 0. The van der Waals surface area contributed by atoms with Gasteiger partial charge in [-0.3, -0.25) is 4.79 Å². The van der Waals surface area contributed by atoms with Crippen LogP contribution in [0.25, 0.3) is 6.08 Å². The van der Waals surface area contributed by atoms with E-state index in [4.69, 9.17) is 0 Å². The summed E-state index contributed by atoms with van der Waals surface area (Å²) in [6.45, 7) is 8.50. The van der Waals surface area contributed by atoms with Gasteiger partial charge in [0.15, 0.2) is 0 Å². The minimum Gasteiger partial charge on any atom is -0.298 e. The van der Waals surface area contributed by atoms with E-state index in [2.05, 4.69) is 45.0 Å². The molecule has 86 valence electrons. The third-order valence-electron chi connectivity index (χ3n) is 3.16. The summed E-state index contributed by atoms with van der Waals surface area (Å²) in [4.78, 5) is 10.5. The number of rotatable bonds is 4. The van der Waals surface area contributed by atoms with Crippen LogP contribution >= 0.6 is 0 Å². The van der Waals surface area contributed by atoms with E-state index in [1.54, 1.807) is 0 Å². The Hall–Kier alpha value is -1.37. The van der Waals surface area contributed by atoms with Crippen molar-refractivity contribution in [1.29, 1.82) is 0 Å². The van der Waals surface area contributed by atoms with Crippen LogP contribution in [0, 0.1) is 0 Å². The molecule has 0 bridgehead atoms. The van der Waals surface area contributed by atoms with Gasteiger partial charge < -0.3 is 0 Å². The van der Waals surface area contributed by atoms with Crippen LogP contribution < -0.4 is 0 Å². The van der Waals surface area contributed by atoms with Crippen LogP contribution in [0.3, 0.4) is 0 Å². The highest BCUT2D eigenvalue weighted by molar-refractivity contribution is 5.80. The van der Waals surface area contributed by atoms with Gasteiger partial charge in [-0.2, -0.15) is 0 Å². The van der Waals surface area contributed by atoms with E-state index in [9.17, 15) is 4.79 Å². The number of hydrogen-bond donors (Lipinski definition) is 0. The largest absolute Gasteiger partial charge is 0.298 e. The molecule has 0 saturated carbocycles. The van der Waals surface area contributed by atoms with Gasteiger partial charge >= 0.3 is 0 Å². The molecule has 0 atom stereocenters. The van der Waals surface area contributed by atoms with Crippen LogP contribution in [-0.2, 0) is 10.2 Å². The molecule has 0 saturated heterocycles. The fraction of sp³-hybridized carbons (Fsp3) is 0.400. The molecule has 0 amide bonds. The number of carbonyl (C=O) groups excluding carboxylic acids is 1. The lowest BCUT2D eigenvalue weighted by atomic mass is 9.82. The van der Waals surface area contributed by atoms with Crippen LogP contribution in [0.15, 0.2) is 29.8 Å². The molecule has 0 unspecified atom stereocenters. The van der Waals surface area contributed by atoms with Crippen LogP contribution in [-0.4, -0.2) is 6.29 Å². The predicted molar refractivity (Wildman–Crippen MR) is 69.5 cm³/mol. The Bertz CT molecular complexity index is 382. The van der Waals surface area contributed by atoms with Gasteiger partial charge in [-0.15, -0.1) is 0 Å². The Morgan fingerprint density at radius 3 is 2.25 bits per heavy atom. The van der Waals surface area contributed by atoms with Gasteiger partial charge in [0.1, 0.15) is 6.29 Å². The maximum atomic E-state index is 10.5. The smallest absolute Gasteiger partial charge is 0.145 e. The number of hydrogen-bond acceptors (Lipinski definition) is 1. The van der Waals surface area contributed by atoms with Crippen molar-refractivity contribution in [3.05, 3.63) is 41.0 Å². The molecule has 1 rings (SSSR count). The molecule has 0 N–H and O–H groups in total. The number of carbonyl (C=O) groups is 1.